The van der Waals surface area contributed by atoms with Crippen LogP contribution in [-0.2, 0) is 16.4 Å². The minimum atomic E-state index is -3.53. The Kier molecular flexibility index (Phi) is 5.39. The Labute approximate surface area is 134 Å². The van der Waals surface area contributed by atoms with Crippen molar-refractivity contribution >= 4 is 27.3 Å². The summed E-state index contributed by atoms with van der Waals surface area (Å²) >= 11 is 5.74. The molecule has 0 unspecified atom stereocenters. The van der Waals surface area contributed by atoms with E-state index in [-0.39, 0.29) is 11.4 Å². The van der Waals surface area contributed by atoms with E-state index in [1.807, 2.05) is 18.3 Å². The minimum absolute atomic E-state index is 0.186. The molecule has 2 N–H and O–H groups in total. The van der Waals surface area contributed by atoms with Crippen molar-refractivity contribution in [2.45, 2.75) is 11.3 Å². The molecule has 0 amide bonds. The lowest BCUT2D eigenvalue weighted by molar-refractivity contribution is 0.581. The molecule has 0 fully saturated rings. The summed E-state index contributed by atoms with van der Waals surface area (Å²) < 4.78 is 26.7. The van der Waals surface area contributed by atoms with E-state index in [0.29, 0.717) is 17.1 Å². The highest BCUT2D eigenvalue weighted by Gasteiger charge is 2.12. The van der Waals surface area contributed by atoms with Gasteiger partial charge in [-0.25, -0.2) is 13.1 Å². The first kappa shape index (κ1) is 16.3. The summed E-state index contributed by atoms with van der Waals surface area (Å²) in [7, 11) is -3.53. The third-order valence-corrected chi connectivity index (χ3v) is 4.71. The number of hydrogen-bond donors (Lipinski definition) is 2. The van der Waals surface area contributed by atoms with E-state index < -0.39 is 10.0 Å². The number of nitrogens with zero attached hydrogens (tertiary/aromatic N) is 1. The summed E-state index contributed by atoms with van der Waals surface area (Å²) in [4.78, 5) is 0.186. The highest BCUT2D eigenvalue weighted by molar-refractivity contribution is 7.89. The van der Waals surface area contributed by atoms with Crippen molar-refractivity contribution in [2.75, 3.05) is 11.9 Å². The second-order valence-electron chi connectivity index (χ2n) is 4.54. The number of benzene rings is 2. The molecule has 0 saturated heterocycles. The molecular formula is C15H14ClN3O2S. The maximum absolute atomic E-state index is 12.1. The SMILES string of the molecule is N#CNc1ccc(CCNS(=O)(=O)c2ccc(Cl)cc2)cc1. The minimum Gasteiger partial charge on any atom is -0.293 e. The fourth-order valence-electron chi connectivity index (χ4n) is 1.85. The third-order valence-electron chi connectivity index (χ3n) is 2.98. The van der Waals surface area contributed by atoms with Crippen LogP contribution in [0.3, 0.4) is 0 Å². The predicted octanol–water partition coefficient (Wildman–Crippen LogP) is 2.75. The van der Waals surface area contributed by atoms with Gasteiger partial charge in [-0.2, -0.15) is 5.26 Å². The fourth-order valence-corrected chi connectivity index (χ4v) is 3.00. The smallest absolute Gasteiger partial charge is 0.240 e. The Balaban J connectivity index is 1.92. The van der Waals surface area contributed by atoms with Gasteiger partial charge in [0.2, 0.25) is 10.0 Å². The first-order chi connectivity index (χ1) is 10.5. The van der Waals surface area contributed by atoms with Gasteiger partial charge in [-0.05, 0) is 48.4 Å². The normalized spacial score (nSPS) is 10.9. The average molecular weight is 336 g/mol. The van der Waals surface area contributed by atoms with Gasteiger partial charge in [0, 0.05) is 17.3 Å². The molecule has 2 aromatic rings. The Morgan fingerprint density at radius 1 is 1.05 bits per heavy atom. The molecule has 0 aromatic heterocycles. The topological polar surface area (TPSA) is 82.0 Å². The quantitative estimate of drug-likeness (QED) is 0.628. The van der Waals surface area contributed by atoms with E-state index in [1.54, 1.807) is 12.1 Å². The van der Waals surface area contributed by atoms with Gasteiger partial charge in [-0.15, -0.1) is 0 Å². The van der Waals surface area contributed by atoms with Crippen LogP contribution >= 0.6 is 11.6 Å². The Morgan fingerprint density at radius 3 is 2.27 bits per heavy atom. The number of sulfonamides is 1. The predicted molar refractivity (Wildman–Crippen MR) is 86.0 cm³/mol. The summed E-state index contributed by atoms with van der Waals surface area (Å²) in [6, 6.07) is 13.2. The molecule has 22 heavy (non-hydrogen) atoms. The number of anilines is 1. The molecule has 0 radical (unpaired) electrons. The molecule has 7 heteroatoms. The molecule has 5 nitrogen and oxygen atoms in total. The Morgan fingerprint density at radius 2 is 1.68 bits per heavy atom. The molecular weight excluding hydrogens is 322 g/mol. The van der Waals surface area contributed by atoms with Crippen LogP contribution < -0.4 is 10.0 Å². The van der Waals surface area contributed by atoms with E-state index in [4.69, 9.17) is 16.9 Å². The summed E-state index contributed by atoms with van der Waals surface area (Å²) in [5.41, 5.74) is 1.68. The van der Waals surface area contributed by atoms with Crippen LogP contribution in [-0.4, -0.2) is 15.0 Å². The second kappa shape index (κ2) is 7.27. The molecule has 0 aliphatic rings. The van der Waals surface area contributed by atoms with Gasteiger partial charge in [0.1, 0.15) is 0 Å². The van der Waals surface area contributed by atoms with Crippen molar-refractivity contribution in [1.82, 2.24) is 4.72 Å². The summed E-state index contributed by atoms with van der Waals surface area (Å²) in [5, 5.41) is 11.5. The molecule has 0 atom stereocenters. The molecule has 2 aromatic carbocycles. The second-order valence-corrected chi connectivity index (χ2v) is 6.74. The Bertz CT molecular complexity index is 766. The van der Waals surface area contributed by atoms with Crippen molar-refractivity contribution in [2.24, 2.45) is 0 Å². The number of hydrogen-bond acceptors (Lipinski definition) is 4. The molecule has 0 bridgehead atoms. The molecule has 0 aliphatic heterocycles. The first-order valence-corrected chi connectivity index (χ1v) is 8.37. The maximum Gasteiger partial charge on any atom is 0.240 e. The van der Waals surface area contributed by atoms with Crippen molar-refractivity contribution in [3.8, 4) is 6.19 Å². The van der Waals surface area contributed by atoms with Gasteiger partial charge in [-0.1, -0.05) is 23.7 Å². The lowest BCUT2D eigenvalue weighted by Crippen LogP contribution is -2.25. The zero-order chi connectivity index (χ0) is 16.0. The van der Waals surface area contributed by atoms with Crippen LogP contribution in [0, 0.1) is 11.5 Å². The van der Waals surface area contributed by atoms with Crippen LogP contribution in [0.2, 0.25) is 5.02 Å². The standard InChI is InChI=1S/C15H14ClN3O2S/c16-13-3-7-15(8-4-13)22(20,21)19-10-9-12-1-5-14(6-2-12)18-11-17/h1-8,18-19H,9-10H2. The maximum atomic E-state index is 12.1. The van der Waals surface area contributed by atoms with Crippen LogP contribution in [0.25, 0.3) is 0 Å². The molecule has 2 rings (SSSR count). The van der Waals surface area contributed by atoms with Crippen molar-refractivity contribution in [3.63, 3.8) is 0 Å². The highest BCUT2D eigenvalue weighted by Crippen LogP contribution is 2.14. The lowest BCUT2D eigenvalue weighted by atomic mass is 10.1. The highest BCUT2D eigenvalue weighted by atomic mass is 35.5. The van der Waals surface area contributed by atoms with Crippen LogP contribution in [0.15, 0.2) is 53.4 Å². The van der Waals surface area contributed by atoms with Crippen LogP contribution in [0.4, 0.5) is 5.69 Å². The fraction of sp³-hybridized carbons (Fsp3) is 0.133. The van der Waals surface area contributed by atoms with Gasteiger partial charge in [0.05, 0.1) is 4.90 Å². The molecule has 0 aliphatic carbocycles. The summed E-state index contributed by atoms with van der Waals surface area (Å²) in [5.74, 6) is 0. The zero-order valence-electron chi connectivity index (χ0n) is 11.6. The van der Waals surface area contributed by atoms with E-state index >= 15 is 0 Å². The zero-order valence-corrected chi connectivity index (χ0v) is 13.2. The summed E-state index contributed by atoms with van der Waals surface area (Å²) in [6.07, 6.45) is 2.39. The van der Waals surface area contributed by atoms with Crippen molar-refractivity contribution in [1.29, 1.82) is 5.26 Å². The van der Waals surface area contributed by atoms with Crippen LogP contribution in [0.1, 0.15) is 5.56 Å². The largest absolute Gasteiger partial charge is 0.293 e. The number of nitriles is 1. The van der Waals surface area contributed by atoms with Gasteiger partial charge in [0.25, 0.3) is 0 Å². The van der Waals surface area contributed by atoms with E-state index in [2.05, 4.69) is 10.0 Å². The van der Waals surface area contributed by atoms with Gasteiger partial charge < -0.3 is 0 Å². The van der Waals surface area contributed by atoms with Gasteiger partial charge in [-0.3, -0.25) is 5.32 Å². The monoisotopic (exact) mass is 335 g/mol. The average Bonchev–Trinajstić information content (AvgIpc) is 2.50. The Hall–Kier alpha value is -2.07. The van der Waals surface area contributed by atoms with E-state index in [1.165, 1.54) is 24.3 Å². The lowest BCUT2D eigenvalue weighted by Gasteiger charge is -2.07. The van der Waals surface area contributed by atoms with Crippen molar-refractivity contribution < 1.29 is 8.42 Å². The number of halogens is 1. The molecule has 0 spiro atoms. The molecule has 0 heterocycles. The number of nitrogens with one attached hydrogen (secondary N) is 2. The third kappa shape index (κ3) is 4.46. The van der Waals surface area contributed by atoms with Gasteiger partial charge >= 0.3 is 0 Å². The van der Waals surface area contributed by atoms with Gasteiger partial charge in [0.15, 0.2) is 6.19 Å². The molecule has 114 valence electrons. The van der Waals surface area contributed by atoms with E-state index in [0.717, 1.165) is 5.56 Å². The number of rotatable bonds is 6. The van der Waals surface area contributed by atoms with E-state index in [9.17, 15) is 8.42 Å². The summed E-state index contributed by atoms with van der Waals surface area (Å²) in [6.45, 7) is 0.288. The first-order valence-electron chi connectivity index (χ1n) is 6.50. The van der Waals surface area contributed by atoms with Crippen LogP contribution in [0.5, 0.6) is 0 Å². The van der Waals surface area contributed by atoms with Crippen molar-refractivity contribution in [3.05, 3.63) is 59.1 Å². The molecule has 0 saturated carbocycles.